The highest BCUT2D eigenvalue weighted by molar-refractivity contribution is 8.15. The second-order valence-corrected chi connectivity index (χ2v) is 10.2. The average molecular weight is 550 g/mol. The molecule has 7 nitrogen and oxygen atoms in total. The van der Waals surface area contributed by atoms with Crippen molar-refractivity contribution < 1.29 is 19.1 Å². The van der Waals surface area contributed by atoms with Crippen LogP contribution in [0, 0.1) is 0 Å². The molecule has 0 aliphatic carbocycles. The molecule has 1 saturated heterocycles. The maximum atomic E-state index is 13.2. The predicted octanol–water partition coefficient (Wildman–Crippen LogP) is 6.11. The number of carbonyl (C=O) groups excluding carboxylic acids is 3. The van der Waals surface area contributed by atoms with Crippen LogP contribution >= 0.6 is 23.4 Å². The van der Waals surface area contributed by atoms with Crippen LogP contribution in [0.4, 0.5) is 11.4 Å². The number of rotatable bonds is 9. The molecule has 1 heterocycles. The molecular formula is C29H28ClN3O4S. The summed E-state index contributed by atoms with van der Waals surface area (Å²) in [7, 11) is 0. The van der Waals surface area contributed by atoms with Crippen LogP contribution in [0.1, 0.15) is 35.7 Å². The van der Waals surface area contributed by atoms with Crippen LogP contribution in [0.2, 0.25) is 5.02 Å². The van der Waals surface area contributed by atoms with Crippen LogP contribution in [0.3, 0.4) is 0 Å². The fraction of sp³-hybridized carbons (Fsp3) is 0.241. The van der Waals surface area contributed by atoms with E-state index in [2.05, 4.69) is 17.4 Å². The number of aryl methyl sites for hydroxylation is 1. The number of amides is 2. The van der Waals surface area contributed by atoms with Gasteiger partial charge in [-0.1, -0.05) is 59.8 Å². The molecule has 38 heavy (non-hydrogen) atoms. The van der Waals surface area contributed by atoms with E-state index in [1.165, 1.54) is 17.3 Å². The van der Waals surface area contributed by atoms with Gasteiger partial charge in [-0.3, -0.25) is 14.5 Å². The number of anilines is 1. The largest absolute Gasteiger partial charge is 0.462 e. The zero-order valence-electron chi connectivity index (χ0n) is 20.9. The molecule has 3 aromatic carbocycles. The summed E-state index contributed by atoms with van der Waals surface area (Å²) >= 11 is 7.41. The number of hydrogen-bond acceptors (Lipinski definition) is 6. The van der Waals surface area contributed by atoms with Gasteiger partial charge in [0.1, 0.15) is 5.25 Å². The second-order valence-electron chi connectivity index (χ2n) is 8.61. The summed E-state index contributed by atoms with van der Waals surface area (Å²) in [5.74, 6) is -0.890. The summed E-state index contributed by atoms with van der Waals surface area (Å²) in [6.07, 6.45) is 1.64. The third kappa shape index (κ3) is 7.46. The maximum Gasteiger partial charge on any atom is 0.338 e. The predicted molar refractivity (Wildman–Crippen MR) is 152 cm³/mol. The normalized spacial score (nSPS) is 16.4. The molecule has 1 N–H and O–H groups in total. The number of hydrogen-bond donors (Lipinski definition) is 1. The van der Waals surface area contributed by atoms with Crippen molar-refractivity contribution >= 4 is 57.7 Å². The summed E-state index contributed by atoms with van der Waals surface area (Å²) in [4.78, 5) is 44.6. The molecule has 3 aromatic rings. The second kappa shape index (κ2) is 13.3. The van der Waals surface area contributed by atoms with Gasteiger partial charge in [0.05, 0.1) is 17.9 Å². The quantitative estimate of drug-likeness (QED) is 0.325. The van der Waals surface area contributed by atoms with Gasteiger partial charge >= 0.3 is 5.97 Å². The number of nitrogens with one attached hydrogen (secondary N) is 1. The van der Waals surface area contributed by atoms with E-state index in [0.29, 0.717) is 33.7 Å². The van der Waals surface area contributed by atoms with E-state index in [4.69, 9.17) is 21.3 Å². The number of benzene rings is 3. The van der Waals surface area contributed by atoms with E-state index >= 15 is 0 Å². The molecule has 0 aromatic heterocycles. The van der Waals surface area contributed by atoms with Crippen molar-refractivity contribution in [3.05, 3.63) is 95.0 Å². The van der Waals surface area contributed by atoms with Gasteiger partial charge < -0.3 is 10.1 Å². The minimum absolute atomic E-state index is 0.0529. The molecule has 0 bridgehead atoms. The number of ether oxygens (including phenoxy) is 1. The molecule has 0 saturated carbocycles. The standard InChI is InChI=1S/C29H28ClN3O4S/c1-2-37-28(36)21-13-15-23(16-14-21)31-27(35)25-19-26(34)33(17-7-10-20-8-4-3-5-9-20)29(38-25)32-24-12-6-11-22(30)18-24/h3-6,8-9,11-16,18,25H,2,7,10,17,19H2,1H3,(H,31,35). The Morgan fingerprint density at radius 1 is 1.08 bits per heavy atom. The van der Waals surface area contributed by atoms with Crippen molar-refractivity contribution in [3.8, 4) is 0 Å². The van der Waals surface area contributed by atoms with Crippen molar-refractivity contribution in [1.29, 1.82) is 0 Å². The number of thioether (sulfide) groups is 1. The molecule has 1 atom stereocenters. The number of nitrogens with zero attached hydrogens (tertiary/aromatic N) is 2. The third-order valence-corrected chi connectivity index (χ3v) is 7.24. The first-order valence-electron chi connectivity index (χ1n) is 12.4. The minimum Gasteiger partial charge on any atom is -0.462 e. The fourth-order valence-corrected chi connectivity index (χ4v) is 5.24. The SMILES string of the molecule is CCOC(=O)c1ccc(NC(=O)C2CC(=O)N(CCCc3ccccc3)C(=Nc3cccc(Cl)c3)S2)cc1. The van der Waals surface area contributed by atoms with Gasteiger partial charge in [0, 0.05) is 23.7 Å². The molecule has 1 fully saturated rings. The lowest BCUT2D eigenvalue weighted by molar-refractivity contribution is -0.129. The summed E-state index contributed by atoms with van der Waals surface area (Å²) < 4.78 is 4.99. The highest BCUT2D eigenvalue weighted by atomic mass is 35.5. The van der Waals surface area contributed by atoms with Crippen molar-refractivity contribution in [2.45, 2.75) is 31.4 Å². The first-order valence-corrected chi connectivity index (χ1v) is 13.6. The Kier molecular flexibility index (Phi) is 9.56. The molecule has 1 unspecified atom stereocenters. The molecule has 0 spiro atoms. The van der Waals surface area contributed by atoms with Crippen LogP contribution in [-0.4, -0.2) is 46.3 Å². The van der Waals surface area contributed by atoms with E-state index in [0.717, 1.165) is 12.8 Å². The van der Waals surface area contributed by atoms with Gasteiger partial charge in [0.2, 0.25) is 11.8 Å². The lowest BCUT2D eigenvalue weighted by atomic mass is 10.1. The Morgan fingerprint density at radius 3 is 2.55 bits per heavy atom. The number of esters is 1. The van der Waals surface area contributed by atoms with Crippen molar-refractivity contribution in [2.75, 3.05) is 18.5 Å². The number of amidine groups is 1. The summed E-state index contributed by atoms with van der Waals surface area (Å²) in [6, 6.07) is 23.6. The van der Waals surface area contributed by atoms with Crippen molar-refractivity contribution in [1.82, 2.24) is 4.90 Å². The lowest BCUT2D eigenvalue weighted by Gasteiger charge is -2.32. The van der Waals surface area contributed by atoms with Crippen LogP contribution < -0.4 is 5.32 Å². The monoisotopic (exact) mass is 549 g/mol. The van der Waals surface area contributed by atoms with E-state index in [-0.39, 0.29) is 24.8 Å². The van der Waals surface area contributed by atoms with Gasteiger partial charge in [-0.05, 0) is 67.8 Å². The fourth-order valence-electron chi connectivity index (χ4n) is 3.93. The van der Waals surface area contributed by atoms with Crippen molar-refractivity contribution in [3.63, 3.8) is 0 Å². The third-order valence-electron chi connectivity index (χ3n) is 5.82. The van der Waals surface area contributed by atoms with Crippen molar-refractivity contribution in [2.24, 2.45) is 4.99 Å². The van der Waals surface area contributed by atoms with Crippen LogP contribution in [0.5, 0.6) is 0 Å². The molecule has 1 aliphatic heterocycles. The lowest BCUT2D eigenvalue weighted by Crippen LogP contribution is -2.45. The van der Waals surface area contributed by atoms with Crippen LogP contribution in [0.15, 0.2) is 83.9 Å². The molecule has 1 aliphatic rings. The Bertz CT molecular complexity index is 1310. The summed E-state index contributed by atoms with van der Waals surface area (Å²) in [5.41, 5.74) is 2.73. The zero-order valence-corrected chi connectivity index (χ0v) is 22.5. The van der Waals surface area contributed by atoms with Gasteiger partial charge in [0.25, 0.3) is 0 Å². The number of carbonyl (C=O) groups is 3. The Hall–Kier alpha value is -3.62. The van der Waals surface area contributed by atoms with Gasteiger partial charge in [-0.15, -0.1) is 0 Å². The van der Waals surface area contributed by atoms with E-state index in [1.807, 2.05) is 18.2 Å². The number of halogens is 1. The zero-order chi connectivity index (χ0) is 26.9. The Morgan fingerprint density at radius 2 is 1.84 bits per heavy atom. The molecule has 196 valence electrons. The molecular weight excluding hydrogens is 522 g/mol. The first kappa shape index (κ1) is 27.4. The van der Waals surface area contributed by atoms with E-state index < -0.39 is 11.2 Å². The van der Waals surface area contributed by atoms with Gasteiger partial charge in [-0.2, -0.15) is 0 Å². The maximum absolute atomic E-state index is 13.2. The highest BCUT2D eigenvalue weighted by Crippen LogP contribution is 2.31. The molecule has 0 radical (unpaired) electrons. The molecule has 4 rings (SSSR count). The number of aliphatic imine (C=N–C) groups is 1. The highest BCUT2D eigenvalue weighted by Gasteiger charge is 2.35. The van der Waals surface area contributed by atoms with Gasteiger partial charge in [0.15, 0.2) is 5.17 Å². The van der Waals surface area contributed by atoms with Gasteiger partial charge in [-0.25, -0.2) is 9.79 Å². The Balaban J connectivity index is 1.47. The van der Waals surface area contributed by atoms with E-state index in [9.17, 15) is 14.4 Å². The van der Waals surface area contributed by atoms with Crippen LogP contribution in [0.25, 0.3) is 0 Å². The smallest absolute Gasteiger partial charge is 0.338 e. The Labute approximate surface area is 231 Å². The average Bonchev–Trinajstić information content (AvgIpc) is 2.91. The summed E-state index contributed by atoms with van der Waals surface area (Å²) in [6.45, 7) is 2.51. The van der Waals surface area contributed by atoms with E-state index in [1.54, 1.807) is 60.4 Å². The summed E-state index contributed by atoms with van der Waals surface area (Å²) in [5, 5.41) is 3.19. The molecule has 2 amide bonds. The topological polar surface area (TPSA) is 88.1 Å². The molecule has 9 heteroatoms. The van der Waals surface area contributed by atoms with Crippen LogP contribution in [-0.2, 0) is 20.7 Å². The minimum atomic E-state index is -0.657. The first-order chi connectivity index (χ1) is 18.4.